The van der Waals surface area contributed by atoms with Crippen LogP contribution >= 0.6 is 27.5 Å². The van der Waals surface area contributed by atoms with Gasteiger partial charge < -0.3 is 0 Å². The maximum absolute atomic E-state index is 12.9. The highest BCUT2D eigenvalue weighted by atomic mass is 79.9. The van der Waals surface area contributed by atoms with Gasteiger partial charge in [-0.05, 0) is 41.0 Å². The van der Waals surface area contributed by atoms with Gasteiger partial charge in [0.05, 0.1) is 0 Å². The molecule has 92 valence electrons. The van der Waals surface area contributed by atoms with Crippen LogP contribution in [0.25, 0.3) is 11.6 Å². The van der Waals surface area contributed by atoms with Crippen molar-refractivity contribution in [3.05, 3.63) is 70.5 Å². The van der Waals surface area contributed by atoms with Gasteiger partial charge in [0.1, 0.15) is 5.82 Å². The number of hydrogen-bond donors (Lipinski definition) is 0. The molecule has 0 radical (unpaired) electrons. The van der Waals surface area contributed by atoms with Crippen LogP contribution in [0.15, 0.2) is 48.5 Å². The molecule has 2 aromatic carbocycles. The lowest BCUT2D eigenvalue weighted by Crippen LogP contribution is -1.87. The second-order valence-electron chi connectivity index (χ2n) is 3.83. The van der Waals surface area contributed by atoms with Gasteiger partial charge in [0.25, 0.3) is 0 Å². The van der Waals surface area contributed by atoms with Crippen molar-refractivity contribution in [3.8, 4) is 0 Å². The molecule has 0 heterocycles. The standard InChI is InChI=1S/C15H11BrClF/c16-10-13(11-5-7-14(18)8-6-11)9-12-3-1-2-4-15(12)17/h1-9H,10H2/b13-9+. The fraction of sp³-hybridized carbons (Fsp3) is 0.0667. The molecule has 0 aliphatic heterocycles. The third-order valence-corrected chi connectivity index (χ3v) is 3.54. The number of halogens is 3. The van der Waals surface area contributed by atoms with Gasteiger partial charge in [-0.2, -0.15) is 0 Å². The first-order valence-electron chi connectivity index (χ1n) is 5.47. The predicted molar refractivity (Wildman–Crippen MR) is 79.5 cm³/mol. The second kappa shape index (κ2) is 6.17. The first kappa shape index (κ1) is 13.3. The SMILES string of the molecule is Fc1ccc(/C(=C/c2ccccc2Cl)CBr)cc1. The van der Waals surface area contributed by atoms with Crippen LogP contribution in [0.4, 0.5) is 4.39 Å². The Balaban J connectivity index is 2.40. The average Bonchev–Trinajstić information content (AvgIpc) is 2.39. The highest BCUT2D eigenvalue weighted by molar-refractivity contribution is 9.09. The molecule has 0 N–H and O–H groups in total. The van der Waals surface area contributed by atoms with Crippen molar-refractivity contribution >= 4 is 39.2 Å². The summed E-state index contributed by atoms with van der Waals surface area (Å²) in [6.45, 7) is 0. The number of benzene rings is 2. The Morgan fingerprint density at radius 2 is 1.78 bits per heavy atom. The molecule has 0 aliphatic carbocycles. The van der Waals surface area contributed by atoms with Crippen molar-refractivity contribution in [2.45, 2.75) is 0 Å². The van der Waals surface area contributed by atoms with Crippen molar-refractivity contribution in [1.29, 1.82) is 0 Å². The van der Waals surface area contributed by atoms with E-state index in [9.17, 15) is 4.39 Å². The summed E-state index contributed by atoms with van der Waals surface area (Å²) in [5.41, 5.74) is 2.99. The summed E-state index contributed by atoms with van der Waals surface area (Å²) in [7, 11) is 0. The lowest BCUT2D eigenvalue weighted by molar-refractivity contribution is 0.627. The van der Waals surface area contributed by atoms with E-state index < -0.39 is 0 Å². The Labute approximate surface area is 119 Å². The first-order valence-corrected chi connectivity index (χ1v) is 6.97. The molecule has 0 fully saturated rings. The van der Waals surface area contributed by atoms with Crippen LogP contribution in [0.2, 0.25) is 5.02 Å². The third kappa shape index (κ3) is 3.21. The Kier molecular flexibility index (Phi) is 4.56. The fourth-order valence-electron chi connectivity index (χ4n) is 1.64. The Morgan fingerprint density at radius 1 is 1.11 bits per heavy atom. The van der Waals surface area contributed by atoms with Gasteiger partial charge in [-0.15, -0.1) is 0 Å². The summed E-state index contributed by atoms with van der Waals surface area (Å²) in [6.07, 6.45) is 2.00. The van der Waals surface area contributed by atoms with Crippen LogP contribution in [-0.4, -0.2) is 5.33 Å². The van der Waals surface area contributed by atoms with E-state index in [-0.39, 0.29) is 5.82 Å². The van der Waals surface area contributed by atoms with Gasteiger partial charge >= 0.3 is 0 Å². The van der Waals surface area contributed by atoms with Gasteiger partial charge in [0.2, 0.25) is 0 Å². The lowest BCUT2D eigenvalue weighted by Gasteiger charge is -2.05. The number of rotatable bonds is 3. The zero-order chi connectivity index (χ0) is 13.0. The molecule has 0 nitrogen and oxygen atoms in total. The monoisotopic (exact) mass is 324 g/mol. The zero-order valence-corrected chi connectivity index (χ0v) is 11.9. The molecule has 0 bridgehead atoms. The van der Waals surface area contributed by atoms with Gasteiger partial charge in [0.15, 0.2) is 0 Å². The molecule has 0 amide bonds. The average molecular weight is 326 g/mol. The summed E-state index contributed by atoms with van der Waals surface area (Å²) in [5, 5.41) is 1.39. The van der Waals surface area contributed by atoms with Crippen LogP contribution in [0.5, 0.6) is 0 Å². The smallest absolute Gasteiger partial charge is 0.123 e. The minimum Gasteiger partial charge on any atom is -0.207 e. The van der Waals surface area contributed by atoms with Crippen molar-refractivity contribution < 1.29 is 4.39 Å². The summed E-state index contributed by atoms with van der Waals surface area (Å²) in [6, 6.07) is 14.1. The van der Waals surface area contributed by atoms with E-state index in [0.717, 1.165) is 16.7 Å². The van der Waals surface area contributed by atoms with Crippen molar-refractivity contribution in [3.63, 3.8) is 0 Å². The Hall–Kier alpha value is -1.12. The first-order chi connectivity index (χ1) is 8.70. The third-order valence-electron chi connectivity index (χ3n) is 2.59. The van der Waals surface area contributed by atoms with E-state index in [4.69, 9.17) is 11.6 Å². The lowest BCUT2D eigenvalue weighted by atomic mass is 10.0. The molecular formula is C15H11BrClF. The van der Waals surface area contributed by atoms with Crippen LogP contribution < -0.4 is 0 Å². The zero-order valence-electron chi connectivity index (χ0n) is 9.54. The molecule has 0 atom stereocenters. The van der Waals surface area contributed by atoms with Crippen LogP contribution in [-0.2, 0) is 0 Å². The molecule has 2 aromatic rings. The summed E-state index contributed by atoms with van der Waals surface area (Å²) >= 11 is 9.57. The molecular weight excluding hydrogens is 315 g/mol. The second-order valence-corrected chi connectivity index (χ2v) is 4.80. The normalized spacial score (nSPS) is 11.6. The molecule has 0 saturated carbocycles. The molecule has 2 rings (SSSR count). The topological polar surface area (TPSA) is 0 Å². The van der Waals surface area contributed by atoms with Gasteiger partial charge in [-0.25, -0.2) is 4.39 Å². The van der Waals surface area contributed by atoms with E-state index in [2.05, 4.69) is 15.9 Å². The van der Waals surface area contributed by atoms with Crippen molar-refractivity contribution in [2.24, 2.45) is 0 Å². The number of hydrogen-bond acceptors (Lipinski definition) is 0. The van der Waals surface area contributed by atoms with E-state index >= 15 is 0 Å². The van der Waals surface area contributed by atoms with E-state index in [1.54, 1.807) is 12.1 Å². The van der Waals surface area contributed by atoms with Gasteiger partial charge in [-0.3, -0.25) is 0 Å². The van der Waals surface area contributed by atoms with Crippen molar-refractivity contribution in [2.75, 3.05) is 5.33 Å². The van der Waals surface area contributed by atoms with E-state index in [1.165, 1.54) is 12.1 Å². The Bertz CT molecular complexity index is 561. The summed E-state index contributed by atoms with van der Waals surface area (Å²) in [5.74, 6) is -0.231. The minimum absolute atomic E-state index is 0.231. The predicted octanol–water partition coefficient (Wildman–Crippen LogP) is 5.41. The van der Waals surface area contributed by atoms with Gasteiger partial charge in [-0.1, -0.05) is 57.9 Å². The van der Waals surface area contributed by atoms with Crippen LogP contribution in [0.3, 0.4) is 0 Å². The molecule has 0 unspecified atom stereocenters. The highest BCUT2D eigenvalue weighted by Crippen LogP contribution is 2.24. The summed E-state index contributed by atoms with van der Waals surface area (Å²) < 4.78 is 12.9. The molecule has 3 heteroatoms. The highest BCUT2D eigenvalue weighted by Gasteiger charge is 2.03. The molecule has 0 aromatic heterocycles. The molecule has 0 aliphatic rings. The van der Waals surface area contributed by atoms with Gasteiger partial charge in [0, 0.05) is 10.4 Å². The number of allylic oxidation sites excluding steroid dienone is 1. The fourth-order valence-corrected chi connectivity index (χ4v) is 2.32. The Morgan fingerprint density at radius 3 is 2.39 bits per heavy atom. The maximum atomic E-state index is 12.9. The molecule has 0 spiro atoms. The van der Waals surface area contributed by atoms with E-state index in [1.807, 2.05) is 30.3 Å². The summed E-state index contributed by atoms with van der Waals surface area (Å²) in [4.78, 5) is 0. The maximum Gasteiger partial charge on any atom is 0.123 e. The van der Waals surface area contributed by atoms with E-state index in [0.29, 0.717) is 10.4 Å². The van der Waals surface area contributed by atoms with Crippen molar-refractivity contribution in [1.82, 2.24) is 0 Å². The van der Waals surface area contributed by atoms with Crippen LogP contribution in [0.1, 0.15) is 11.1 Å². The molecule has 18 heavy (non-hydrogen) atoms. The molecule has 0 saturated heterocycles. The number of alkyl halides is 1. The van der Waals surface area contributed by atoms with Crippen LogP contribution in [0, 0.1) is 5.82 Å². The quantitative estimate of drug-likeness (QED) is 0.522. The minimum atomic E-state index is -0.231. The largest absolute Gasteiger partial charge is 0.207 e.